The lowest BCUT2D eigenvalue weighted by atomic mass is 10.3. The molecule has 0 atom stereocenters. The molecule has 4 nitrogen and oxygen atoms in total. The highest BCUT2D eigenvalue weighted by Gasteiger charge is 2.28. The fourth-order valence-electron chi connectivity index (χ4n) is 0.819. The number of aliphatic hydroxyl groups excluding tert-OH is 1. The van der Waals surface area contributed by atoms with Crippen molar-refractivity contribution in [1.82, 2.24) is 10.3 Å². The van der Waals surface area contributed by atoms with Gasteiger partial charge in [-0.15, -0.1) is 11.3 Å². The number of thiazole rings is 1. The van der Waals surface area contributed by atoms with E-state index in [4.69, 9.17) is 5.11 Å². The molecule has 1 aromatic rings. The monoisotopic (exact) mass is 236 g/mol. The maximum atomic E-state index is 12.6. The standard InChI is InChI=1S/C8H10F2N2O2S/c1-5-11-2-6(15-5)7(14)12-3-8(9,10)4-13/h2,13H,3-4H2,1H3,(H,12,14). The summed E-state index contributed by atoms with van der Waals surface area (Å²) in [6.45, 7) is -0.446. The van der Waals surface area contributed by atoms with Crippen molar-refractivity contribution in [2.45, 2.75) is 12.8 Å². The Balaban J connectivity index is 2.50. The highest BCUT2D eigenvalue weighted by atomic mass is 32.1. The van der Waals surface area contributed by atoms with Gasteiger partial charge in [0.15, 0.2) is 0 Å². The number of nitrogens with zero attached hydrogens (tertiary/aromatic N) is 1. The van der Waals surface area contributed by atoms with E-state index < -0.39 is 25.0 Å². The Hall–Kier alpha value is -1.08. The van der Waals surface area contributed by atoms with Gasteiger partial charge >= 0.3 is 0 Å². The van der Waals surface area contributed by atoms with Crippen molar-refractivity contribution < 1.29 is 18.7 Å². The lowest BCUT2D eigenvalue weighted by Crippen LogP contribution is -2.38. The molecule has 15 heavy (non-hydrogen) atoms. The number of carbonyl (C=O) groups excluding carboxylic acids is 1. The van der Waals surface area contributed by atoms with Crippen LogP contribution in [0.4, 0.5) is 8.78 Å². The van der Waals surface area contributed by atoms with Gasteiger partial charge in [0.1, 0.15) is 11.5 Å². The van der Waals surface area contributed by atoms with Crippen LogP contribution in [0.2, 0.25) is 0 Å². The molecular formula is C8H10F2N2O2S. The third-order valence-corrected chi connectivity index (χ3v) is 2.50. The summed E-state index contributed by atoms with van der Waals surface area (Å²) < 4.78 is 25.1. The molecule has 0 bridgehead atoms. The highest BCUT2D eigenvalue weighted by molar-refractivity contribution is 7.13. The van der Waals surface area contributed by atoms with E-state index in [-0.39, 0.29) is 4.88 Å². The molecule has 0 saturated carbocycles. The molecule has 1 heterocycles. The van der Waals surface area contributed by atoms with E-state index in [1.54, 1.807) is 6.92 Å². The highest BCUT2D eigenvalue weighted by Crippen LogP contribution is 2.13. The van der Waals surface area contributed by atoms with Gasteiger partial charge in [-0.3, -0.25) is 4.79 Å². The Morgan fingerprint density at radius 3 is 2.87 bits per heavy atom. The van der Waals surface area contributed by atoms with Crippen molar-refractivity contribution in [3.05, 3.63) is 16.1 Å². The number of carbonyl (C=O) groups is 1. The zero-order valence-electron chi connectivity index (χ0n) is 7.96. The van der Waals surface area contributed by atoms with Crippen LogP contribution in [0, 0.1) is 6.92 Å². The smallest absolute Gasteiger partial charge is 0.287 e. The quantitative estimate of drug-likeness (QED) is 0.813. The number of halogens is 2. The van der Waals surface area contributed by atoms with Gasteiger partial charge in [0, 0.05) is 0 Å². The van der Waals surface area contributed by atoms with Crippen LogP contribution in [0.3, 0.4) is 0 Å². The minimum atomic E-state index is -3.28. The summed E-state index contributed by atoms with van der Waals surface area (Å²) in [5.74, 6) is -3.89. The van der Waals surface area contributed by atoms with Crippen molar-refractivity contribution in [1.29, 1.82) is 0 Å². The van der Waals surface area contributed by atoms with E-state index >= 15 is 0 Å². The molecule has 84 valence electrons. The first-order chi connectivity index (χ1) is 6.94. The zero-order valence-corrected chi connectivity index (χ0v) is 8.77. The first kappa shape index (κ1) is 12.0. The molecule has 2 N–H and O–H groups in total. The molecule has 0 aliphatic carbocycles. The Bertz CT molecular complexity index is 354. The maximum Gasteiger partial charge on any atom is 0.287 e. The van der Waals surface area contributed by atoms with Crippen molar-refractivity contribution in [3.63, 3.8) is 0 Å². The minimum absolute atomic E-state index is 0.279. The van der Waals surface area contributed by atoms with Gasteiger partial charge in [0.2, 0.25) is 0 Å². The van der Waals surface area contributed by atoms with E-state index in [1.807, 2.05) is 5.32 Å². The number of hydrogen-bond acceptors (Lipinski definition) is 4. The van der Waals surface area contributed by atoms with Crippen LogP contribution in [0.25, 0.3) is 0 Å². The van der Waals surface area contributed by atoms with Crippen LogP contribution < -0.4 is 5.32 Å². The maximum absolute atomic E-state index is 12.6. The van der Waals surface area contributed by atoms with Gasteiger partial charge in [0.05, 0.1) is 17.7 Å². The zero-order chi connectivity index (χ0) is 11.5. The molecule has 0 radical (unpaired) electrons. The van der Waals surface area contributed by atoms with Crippen molar-refractivity contribution in [2.24, 2.45) is 0 Å². The fourth-order valence-corrected chi connectivity index (χ4v) is 1.51. The van der Waals surface area contributed by atoms with Crippen molar-refractivity contribution >= 4 is 17.2 Å². The second kappa shape index (κ2) is 4.63. The number of amides is 1. The number of nitrogens with one attached hydrogen (secondary N) is 1. The van der Waals surface area contributed by atoms with Crippen LogP contribution in [0.15, 0.2) is 6.20 Å². The van der Waals surface area contributed by atoms with Gasteiger partial charge in [0.25, 0.3) is 11.8 Å². The summed E-state index contributed by atoms with van der Waals surface area (Å²) in [6.07, 6.45) is 1.33. The molecule has 0 spiro atoms. The Kier molecular flexibility index (Phi) is 3.70. The molecule has 0 aliphatic rings. The summed E-state index contributed by atoms with van der Waals surface area (Å²) in [6, 6.07) is 0. The van der Waals surface area contributed by atoms with E-state index in [0.29, 0.717) is 5.01 Å². The summed E-state index contributed by atoms with van der Waals surface area (Å²) in [5, 5.41) is 11.0. The normalized spacial score (nSPS) is 11.5. The number of aliphatic hydroxyl groups is 1. The fraction of sp³-hybridized carbons (Fsp3) is 0.500. The first-order valence-corrected chi connectivity index (χ1v) is 4.95. The van der Waals surface area contributed by atoms with Crippen LogP contribution >= 0.6 is 11.3 Å². The van der Waals surface area contributed by atoms with E-state index in [2.05, 4.69) is 4.98 Å². The average Bonchev–Trinajstić information content (AvgIpc) is 2.61. The van der Waals surface area contributed by atoms with Crippen molar-refractivity contribution in [3.8, 4) is 0 Å². The molecule has 1 amide bonds. The minimum Gasteiger partial charge on any atom is -0.390 e. The number of hydrogen-bond donors (Lipinski definition) is 2. The lowest BCUT2D eigenvalue weighted by Gasteiger charge is -2.12. The molecule has 0 aliphatic heterocycles. The van der Waals surface area contributed by atoms with Gasteiger partial charge in [-0.2, -0.15) is 0 Å². The van der Waals surface area contributed by atoms with Gasteiger partial charge in [-0.1, -0.05) is 0 Å². The molecule has 1 rings (SSSR count). The number of alkyl halides is 2. The first-order valence-electron chi connectivity index (χ1n) is 4.14. The van der Waals surface area contributed by atoms with E-state index in [9.17, 15) is 13.6 Å². The molecule has 1 aromatic heterocycles. The summed E-state index contributed by atoms with van der Waals surface area (Å²) in [4.78, 5) is 15.4. The molecule has 0 aromatic carbocycles. The summed E-state index contributed by atoms with van der Waals surface area (Å²) in [7, 11) is 0. The van der Waals surface area contributed by atoms with Gasteiger partial charge < -0.3 is 10.4 Å². The summed E-state index contributed by atoms with van der Waals surface area (Å²) in [5.41, 5.74) is 0. The third-order valence-electron chi connectivity index (χ3n) is 1.58. The van der Waals surface area contributed by atoms with Crippen LogP contribution in [0.1, 0.15) is 14.7 Å². The van der Waals surface area contributed by atoms with Crippen LogP contribution in [-0.2, 0) is 0 Å². The van der Waals surface area contributed by atoms with Gasteiger partial charge in [-0.05, 0) is 6.92 Å². The Morgan fingerprint density at radius 1 is 1.73 bits per heavy atom. The van der Waals surface area contributed by atoms with E-state index in [0.717, 1.165) is 11.3 Å². The predicted molar refractivity (Wildman–Crippen MR) is 51.2 cm³/mol. The molecule has 0 unspecified atom stereocenters. The third kappa shape index (κ3) is 3.52. The molecular weight excluding hydrogens is 226 g/mol. The van der Waals surface area contributed by atoms with Crippen molar-refractivity contribution in [2.75, 3.05) is 13.2 Å². The molecule has 7 heteroatoms. The predicted octanol–water partition coefficient (Wildman–Crippen LogP) is 0.809. The summed E-state index contributed by atoms with van der Waals surface area (Å²) >= 11 is 1.12. The number of aromatic nitrogens is 1. The second-order valence-corrected chi connectivity index (χ2v) is 4.18. The topological polar surface area (TPSA) is 62.2 Å². The van der Waals surface area contributed by atoms with Crippen LogP contribution in [-0.4, -0.2) is 35.1 Å². The Morgan fingerprint density at radius 2 is 2.40 bits per heavy atom. The Labute approximate surface area is 89.0 Å². The van der Waals surface area contributed by atoms with Gasteiger partial charge in [-0.25, -0.2) is 13.8 Å². The number of aryl methyl sites for hydroxylation is 1. The molecule has 0 fully saturated rings. The number of rotatable bonds is 4. The molecule has 0 saturated heterocycles. The average molecular weight is 236 g/mol. The van der Waals surface area contributed by atoms with Crippen LogP contribution in [0.5, 0.6) is 0 Å². The second-order valence-electron chi connectivity index (χ2n) is 2.94. The van der Waals surface area contributed by atoms with E-state index in [1.165, 1.54) is 6.20 Å². The lowest BCUT2D eigenvalue weighted by molar-refractivity contribution is -0.0461. The largest absolute Gasteiger partial charge is 0.390 e. The SMILES string of the molecule is Cc1ncc(C(=O)NCC(F)(F)CO)s1.